The van der Waals surface area contributed by atoms with Gasteiger partial charge in [0, 0.05) is 22.1 Å². The number of aliphatic hydroxyl groups is 2. The molecule has 4 heterocycles. The molecule has 1 atom stereocenters. The number of ether oxygens (including phenoxy) is 1. The minimum atomic E-state index is -1.88. The number of esters is 1. The van der Waals surface area contributed by atoms with Crippen molar-refractivity contribution in [3.05, 3.63) is 62.9 Å². The summed E-state index contributed by atoms with van der Waals surface area (Å²) in [4.78, 5) is 36.1. The van der Waals surface area contributed by atoms with Crippen molar-refractivity contribution in [1.29, 1.82) is 0 Å². The maximum absolute atomic E-state index is 13.4. The quantitative estimate of drug-likeness (QED) is 0.264. The topological polar surface area (TPSA) is 123 Å². The number of para-hydroxylation sites is 1. The normalized spacial score (nSPS) is 19.1. The second-order valence-electron chi connectivity index (χ2n) is 9.22. The van der Waals surface area contributed by atoms with Gasteiger partial charge in [-0.2, -0.15) is 0 Å². The number of cyclic esters (lactones) is 1. The number of hydrogen-bond acceptors (Lipinski definition) is 8. The van der Waals surface area contributed by atoms with Crippen molar-refractivity contribution in [3.8, 4) is 11.4 Å². The lowest BCUT2D eigenvalue weighted by atomic mass is 9.86. The van der Waals surface area contributed by atoms with Crippen LogP contribution in [0.3, 0.4) is 0 Å². The summed E-state index contributed by atoms with van der Waals surface area (Å²) in [6, 6.07) is 9.23. The smallest absolute Gasteiger partial charge is 0.343 e. The van der Waals surface area contributed by atoms with Gasteiger partial charge in [0.05, 0.1) is 41.8 Å². The zero-order chi connectivity index (χ0) is 24.3. The highest BCUT2D eigenvalue weighted by Crippen LogP contribution is 2.39. The van der Waals surface area contributed by atoms with E-state index in [9.17, 15) is 19.8 Å². The lowest BCUT2D eigenvalue weighted by Crippen LogP contribution is -2.44. The van der Waals surface area contributed by atoms with Gasteiger partial charge in [-0.25, -0.2) is 9.78 Å². The summed E-state index contributed by atoms with van der Waals surface area (Å²) in [5, 5.41) is 25.4. The van der Waals surface area contributed by atoms with E-state index in [1.54, 1.807) is 37.6 Å². The van der Waals surface area contributed by atoms with Crippen LogP contribution in [0.4, 0.5) is 0 Å². The third-order valence-electron chi connectivity index (χ3n) is 6.50. The summed E-state index contributed by atoms with van der Waals surface area (Å²) in [5.74, 6) is -0.756. The maximum atomic E-state index is 13.4. The second kappa shape index (κ2) is 7.75. The molecule has 34 heavy (non-hydrogen) atoms. The van der Waals surface area contributed by atoms with E-state index in [-0.39, 0.29) is 42.9 Å². The van der Waals surface area contributed by atoms with Crippen LogP contribution in [0, 0.1) is 0 Å². The number of carbonyl (C=O) groups excluding carboxylic acids is 1. The van der Waals surface area contributed by atoms with Crippen LogP contribution < -0.4 is 5.56 Å². The molecule has 9 nitrogen and oxygen atoms in total. The van der Waals surface area contributed by atoms with Crippen LogP contribution in [-0.2, 0) is 33.1 Å². The first-order valence-electron chi connectivity index (χ1n) is 11.1. The largest absolute Gasteiger partial charge is 0.458 e. The predicted octanol–water partition coefficient (Wildman–Crippen LogP) is 2.20. The highest BCUT2D eigenvalue weighted by molar-refractivity contribution is 6.02. The van der Waals surface area contributed by atoms with Crippen molar-refractivity contribution in [2.75, 3.05) is 6.61 Å². The molecule has 176 valence electrons. The van der Waals surface area contributed by atoms with Gasteiger partial charge in [0.1, 0.15) is 6.61 Å². The van der Waals surface area contributed by atoms with Crippen LogP contribution >= 0.6 is 0 Å². The number of oxime groups is 1. The molecule has 0 aliphatic carbocycles. The SMILES string of the molecule is CC[C@@]1(O)C(=O)OCc2c1cc1n(c2=O)Cc2c-1nc1ccccc1c2/C=N/OC(C)(C)CO. The van der Waals surface area contributed by atoms with E-state index in [0.717, 1.165) is 16.5 Å². The van der Waals surface area contributed by atoms with Gasteiger partial charge in [0.15, 0.2) is 11.2 Å². The summed E-state index contributed by atoms with van der Waals surface area (Å²) in [6.45, 7) is 4.98. The van der Waals surface area contributed by atoms with E-state index in [2.05, 4.69) is 5.16 Å². The van der Waals surface area contributed by atoms with Crippen molar-refractivity contribution in [1.82, 2.24) is 9.55 Å². The zero-order valence-corrected chi connectivity index (χ0v) is 19.2. The zero-order valence-electron chi connectivity index (χ0n) is 19.2. The van der Waals surface area contributed by atoms with Gasteiger partial charge >= 0.3 is 5.97 Å². The van der Waals surface area contributed by atoms with Crippen LogP contribution in [0.15, 0.2) is 40.3 Å². The Morgan fingerprint density at radius 3 is 2.79 bits per heavy atom. The fourth-order valence-corrected chi connectivity index (χ4v) is 4.46. The standard InChI is InChI=1S/C25H25N3O6/c1-4-25(32)18-9-20-21-16(11-28(20)22(30)17(18)12-33-23(25)31)15(10-26-34-24(2,3)13-29)14-7-5-6-8-19(14)27-21/h5-10,29,32H,4,11-13H2,1-3H3/b26-10+/t25-/m0/s1. The van der Waals surface area contributed by atoms with Gasteiger partial charge in [0.2, 0.25) is 0 Å². The Morgan fingerprint density at radius 1 is 1.29 bits per heavy atom. The second-order valence-corrected chi connectivity index (χ2v) is 9.22. The minimum Gasteiger partial charge on any atom is -0.458 e. The summed E-state index contributed by atoms with van der Waals surface area (Å²) in [5.41, 5.74) is 0.822. The molecule has 0 fully saturated rings. The number of aliphatic hydroxyl groups excluding tert-OH is 1. The van der Waals surface area contributed by atoms with Crippen LogP contribution in [0.25, 0.3) is 22.3 Å². The molecule has 2 aliphatic rings. The average Bonchev–Trinajstić information content (AvgIpc) is 3.20. The lowest BCUT2D eigenvalue weighted by molar-refractivity contribution is -0.172. The molecular weight excluding hydrogens is 438 g/mol. The van der Waals surface area contributed by atoms with Crippen LogP contribution in [0.1, 0.15) is 49.4 Å². The van der Waals surface area contributed by atoms with Gasteiger partial charge < -0.3 is 24.4 Å². The molecule has 0 saturated heterocycles. The van der Waals surface area contributed by atoms with E-state index in [1.165, 1.54) is 0 Å². The van der Waals surface area contributed by atoms with Crippen LogP contribution in [0.2, 0.25) is 0 Å². The molecular formula is C25H25N3O6. The highest BCUT2D eigenvalue weighted by Gasteiger charge is 2.45. The number of fused-ring (bicyclic) bond motifs is 5. The molecule has 0 bridgehead atoms. The third kappa shape index (κ3) is 3.23. The first kappa shape index (κ1) is 22.2. The maximum Gasteiger partial charge on any atom is 0.343 e. The number of pyridine rings is 2. The Kier molecular flexibility index (Phi) is 5.07. The summed E-state index contributed by atoms with van der Waals surface area (Å²) in [6.07, 6.45) is 1.65. The molecule has 9 heteroatoms. The molecule has 2 N–H and O–H groups in total. The highest BCUT2D eigenvalue weighted by atomic mass is 16.7. The van der Waals surface area contributed by atoms with E-state index >= 15 is 0 Å². The fraction of sp³-hybridized carbons (Fsp3) is 0.360. The predicted molar refractivity (Wildman–Crippen MR) is 124 cm³/mol. The number of hydrogen-bond donors (Lipinski definition) is 2. The van der Waals surface area contributed by atoms with E-state index in [1.807, 2.05) is 24.3 Å². The molecule has 2 aromatic heterocycles. The molecule has 1 aromatic carbocycles. The van der Waals surface area contributed by atoms with Crippen molar-refractivity contribution >= 4 is 23.1 Å². The Morgan fingerprint density at radius 2 is 2.06 bits per heavy atom. The lowest BCUT2D eigenvalue weighted by Gasteiger charge is -2.31. The average molecular weight is 463 g/mol. The molecule has 0 radical (unpaired) electrons. The van der Waals surface area contributed by atoms with Crippen LogP contribution in [0.5, 0.6) is 0 Å². The van der Waals surface area contributed by atoms with Gasteiger partial charge in [-0.05, 0) is 32.4 Å². The third-order valence-corrected chi connectivity index (χ3v) is 6.50. The molecule has 3 aromatic rings. The molecule has 5 rings (SSSR count). The van der Waals surface area contributed by atoms with Crippen molar-refractivity contribution < 1.29 is 24.6 Å². The van der Waals surface area contributed by atoms with Crippen LogP contribution in [-0.4, -0.2) is 44.2 Å². The molecule has 0 spiro atoms. The number of nitrogens with zero attached hydrogens (tertiary/aromatic N) is 3. The summed E-state index contributed by atoms with van der Waals surface area (Å²) >= 11 is 0. The Balaban J connectivity index is 1.73. The Labute approximate surface area is 195 Å². The van der Waals surface area contributed by atoms with Gasteiger partial charge in [-0.3, -0.25) is 4.79 Å². The fourth-order valence-electron chi connectivity index (χ4n) is 4.46. The molecule has 2 aliphatic heterocycles. The van der Waals surface area contributed by atoms with Gasteiger partial charge in [0.25, 0.3) is 5.56 Å². The Bertz CT molecular complexity index is 1420. The molecule has 0 unspecified atom stereocenters. The molecule has 0 saturated carbocycles. The van der Waals surface area contributed by atoms with Gasteiger partial charge in [-0.1, -0.05) is 30.3 Å². The first-order chi connectivity index (χ1) is 16.2. The van der Waals surface area contributed by atoms with E-state index in [0.29, 0.717) is 16.9 Å². The van der Waals surface area contributed by atoms with Crippen molar-refractivity contribution in [2.45, 2.75) is 51.5 Å². The number of aromatic nitrogens is 2. The monoisotopic (exact) mass is 463 g/mol. The summed E-state index contributed by atoms with van der Waals surface area (Å²) < 4.78 is 6.72. The summed E-state index contributed by atoms with van der Waals surface area (Å²) in [7, 11) is 0. The number of benzene rings is 1. The first-order valence-corrected chi connectivity index (χ1v) is 11.1. The minimum absolute atomic E-state index is 0.0790. The van der Waals surface area contributed by atoms with Crippen molar-refractivity contribution in [3.63, 3.8) is 0 Å². The van der Waals surface area contributed by atoms with Gasteiger partial charge in [-0.15, -0.1) is 0 Å². The number of carbonyl (C=O) groups is 1. The molecule has 0 amide bonds. The van der Waals surface area contributed by atoms with E-state index in [4.69, 9.17) is 14.6 Å². The van der Waals surface area contributed by atoms with E-state index < -0.39 is 17.2 Å². The van der Waals surface area contributed by atoms with Crippen molar-refractivity contribution in [2.24, 2.45) is 5.16 Å². The number of rotatable bonds is 5. The Hall–Kier alpha value is -3.56.